The highest BCUT2D eigenvalue weighted by molar-refractivity contribution is 5.93. The lowest BCUT2D eigenvalue weighted by atomic mass is 10.0. The molecular weight excluding hydrogens is 359 g/mol. The van der Waals surface area contributed by atoms with Crippen LogP contribution in [0, 0.1) is 5.82 Å². The average molecular weight is 384 g/mol. The van der Waals surface area contributed by atoms with Crippen LogP contribution in [-0.2, 0) is 16.0 Å². The number of amides is 2. The Morgan fingerprint density at radius 2 is 1.86 bits per heavy atom. The maximum absolute atomic E-state index is 14.0. The van der Waals surface area contributed by atoms with E-state index >= 15 is 0 Å². The van der Waals surface area contributed by atoms with Gasteiger partial charge in [-0.1, -0.05) is 30.3 Å². The predicted octanol–water partition coefficient (Wildman–Crippen LogP) is 3.06. The van der Waals surface area contributed by atoms with Gasteiger partial charge in [-0.25, -0.2) is 4.39 Å². The molecule has 5 nitrogen and oxygen atoms in total. The van der Waals surface area contributed by atoms with Crippen molar-refractivity contribution in [3.63, 3.8) is 0 Å². The number of hydrogen-bond donors (Lipinski definition) is 0. The molecule has 148 valence electrons. The number of morpholine rings is 1. The molecule has 3 rings (SSSR count). The predicted molar refractivity (Wildman–Crippen MR) is 104 cm³/mol. The third-order valence-corrected chi connectivity index (χ3v) is 4.91. The Balaban J connectivity index is 1.56. The summed E-state index contributed by atoms with van der Waals surface area (Å²) in [5.74, 6) is -0.331. The largest absolute Gasteiger partial charge is 0.370 e. The van der Waals surface area contributed by atoms with Crippen molar-refractivity contribution in [1.82, 2.24) is 9.80 Å². The normalized spacial score (nSPS) is 16.7. The highest BCUT2D eigenvalue weighted by Gasteiger charge is 2.26. The van der Waals surface area contributed by atoms with E-state index in [2.05, 4.69) is 0 Å². The van der Waals surface area contributed by atoms with Crippen molar-refractivity contribution < 1.29 is 18.7 Å². The molecule has 1 fully saturated rings. The molecule has 1 atom stereocenters. The number of rotatable bonds is 5. The number of aryl methyl sites for hydroxylation is 1. The quantitative estimate of drug-likeness (QED) is 0.796. The molecule has 1 saturated heterocycles. The number of ether oxygens (including phenoxy) is 1. The molecule has 0 radical (unpaired) electrons. The van der Waals surface area contributed by atoms with Crippen LogP contribution in [0.25, 0.3) is 0 Å². The Morgan fingerprint density at radius 3 is 2.54 bits per heavy atom. The third kappa shape index (κ3) is 4.75. The van der Waals surface area contributed by atoms with Crippen LogP contribution in [0.2, 0.25) is 0 Å². The molecule has 2 aromatic rings. The summed E-state index contributed by atoms with van der Waals surface area (Å²) in [4.78, 5) is 27.8. The topological polar surface area (TPSA) is 49.9 Å². The summed E-state index contributed by atoms with van der Waals surface area (Å²) in [6.45, 7) is 1.27. The second-order valence-electron chi connectivity index (χ2n) is 7.12. The summed E-state index contributed by atoms with van der Waals surface area (Å²) in [6, 6.07) is 13.8. The first-order valence-corrected chi connectivity index (χ1v) is 9.40. The van der Waals surface area contributed by atoms with Crippen LogP contribution in [-0.4, -0.2) is 55.4 Å². The van der Waals surface area contributed by atoms with Crippen molar-refractivity contribution in [2.45, 2.75) is 18.9 Å². The van der Waals surface area contributed by atoms with Gasteiger partial charge in [-0.3, -0.25) is 9.59 Å². The molecule has 0 aromatic heterocycles. The van der Waals surface area contributed by atoms with Crippen LogP contribution >= 0.6 is 0 Å². The van der Waals surface area contributed by atoms with E-state index in [0.717, 1.165) is 5.56 Å². The fraction of sp³-hybridized carbons (Fsp3) is 0.364. The molecule has 1 unspecified atom stereocenters. The lowest BCUT2D eigenvalue weighted by Crippen LogP contribution is -2.42. The van der Waals surface area contributed by atoms with Gasteiger partial charge >= 0.3 is 0 Å². The minimum Gasteiger partial charge on any atom is -0.370 e. The summed E-state index contributed by atoms with van der Waals surface area (Å²) in [5.41, 5.74) is 2.12. The Kier molecular flexibility index (Phi) is 6.41. The van der Waals surface area contributed by atoms with Crippen LogP contribution in [0.5, 0.6) is 0 Å². The molecule has 0 aliphatic carbocycles. The molecular formula is C22H25FN2O3. The van der Waals surface area contributed by atoms with Crippen LogP contribution in [0.1, 0.15) is 34.0 Å². The van der Waals surface area contributed by atoms with Crippen molar-refractivity contribution in [1.29, 1.82) is 0 Å². The molecule has 1 heterocycles. The van der Waals surface area contributed by atoms with E-state index in [1.807, 2.05) is 12.1 Å². The summed E-state index contributed by atoms with van der Waals surface area (Å²) < 4.78 is 19.7. The SMILES string of the molecule is CN(C)C(=O)c1ccc(CCC(=O)N2CCOC(c3ccccc3F)C2)cc1. The van der Waals surface area contributed by atoms with Crippen molar-refractivity contribution in [3.05, 3.63) is 71.0 Å². The monoisotopic (exact) mass is 384 g/mol. The molecule has 1 aliphatic heterocycles. The Bertz CT molecular complexity index is 836. The first kappa shape index (κ1) is 20.0. The van der Waals surface area contributed by atoms with E-state index in [9.17, 15) is 14.0 Å². The van der Waals surface area contributed by atoms with Crippen LogP contribution in [0.3, 0.4) is 0 Å². The van der Waals surface area contributed by atoms with E-state index in [4.69, 9.17) is 4.74 Å². The number of carbonyl (C=O) groups excluding carboxylic acids is 2. The molecule has 0 N–H and O–H groups in total. The van der Waals surface area contributed by atoms with Crippen molar-refractivity contribution in [3.8, 4) is 0 Å². The van der Waals surface area contributed by atoms with E-state index in [1.165, 1.54) is 11.0 Å². The van der Waals surface area contributed by atoms with E-state index in [-0.39, 0.29) is 17.6 Å². The summed E-state index contributed by atoms with van der Waals surface area (Å²) in [5, 5.41) is 0. The molecule has 0 bridgehead atoms. The van der Waals surface area contributed by atoms with Gasteiger partial charge < -0.3 is 14.5 Å². The van der Waals surface area contributed by atoms with E-state index < -0.39 is 6.10 Å². The van der Waals surface area contributed by atoms with E-state index in [1.54, 1.807) is 49.3 Å². The number of hydrogen-bond acceptors (Lipinski definition) is 3. The second kappa shape index (κ2) is 8.97. The molecule has 0 saturated carbocycles. The highest BCUT2D eigenvalue weighted by atomic mass is 19.1. The Hall–Kier alpha value is -2.73. The maximum atomic E-state index is 14.0. The zero-order valence-electron chi connectivity index (χ0n) is 16.2. The number of benzene rings is 2. The van der Waals surface area contributed by atoms with Gasteiger partial charge in [-0.05, 0) is 30.2 Å². The van der Waals surface area contributed by atoms with Crippen LogP contribution < -0.4 is 0 Å². The van der Waals surface area contributed by atoms with Crippen molar-refractivity contribution in [2.75, 3.05) is 33.8 Å². The van der Waals surface area contributed by atoms with Gasteiger partial charge in [0, 0.05) is 38.2 Å². The Morgan fingerprint density at radius 1 is 1.14 bits per heavy atom. The zero-order chi connectivity index (χ0) is 20.1. The Labute approximate surface area is 164 Å². The first-order chi connectivity index (χ1) is 13.5. The molecule has 1 aliphatic rings. The van der Waals surface area contributed by atoms with Crippen LogP contribution in [0.15, 0.2) is 48.5 Å². The molecule has 2 amide bonds. The summed E-state index contributed by atoms with van der Waals surface area (Å²) in [7, 11) is 3.43. The molecule has 0 spiro atoms. The summed E-state index contributed by atoms with van der Waals surface area (Å²) >= 11 is 0. The average Bonchev–Trinajstić information content (AvgIpc) is 2.72. The van der Waals surface area contributed by atoms with Crippen molar-refractivity contribution in [2.24, 2.45) is 0 Å². The van der Waals surface area contributed by atoms with Crippen LogP contribution in [0.4, 0.5) is 4.39 Å². The molecule has 28 heavy (non-hydrogen) atoms. The highest BCUT2D eigenvalue weighted by Crippen LogP contribution is 2.25. The smallest absolute Gasteiger partial charge is 0.253 e. The minimum absolute atomic E-state index is 0.0260. The molecule has 6 heteroatoms. The van der Waals surface area contributed by atoms with Gasteiger partial charge in [0.15, 0.2) is 0 Å². The van der Waals surface area contributed by atoms with Gasteiger partial charge in [0.25, 0.3) is 5.91 Å². The first-order valence-electron chi connectivity index (χ1n) is 9.40. The van der Waals surface area contributed by atoms with Gasteiger partial charge in [0.1, 0.15) is 11.9 Å². The van der Waals surface area contributed by atoms with Gasteiger partial charge in [-0.15, -0.1) is 0 Å². The van der Waals surface area contributed by atoms with Gasteiger partial charge in [0.2, 0.25) is 5.91 Å². The van der Waals surface area contributed by atoms with E-state index in [0.29, 0.717) is 43.7 Å². The fourth-order valence-corrected chi connectivity index (χ4v) is 3.28. The number of nitrogens with zero attached hydrogens (tertiary/aromatic N) is 2. The lowest BCUT2D eigenvalue weighted by Gasteiger charge is -2.33. The fourth-order valence-electron chi connectivity index (χ4n) is 3.28. The third-order valence-electron chi connectivity index (χ3n) is 4.91. The maximum Gasteiger partial charge on any atom is 0.253 e. The standard InChI is InChI=1S/C22H25FN2O3/c1-24(2)22(27)17-10-7-16(8-11-17)9-12-21(26)25-13-14-28-20(15-25)18-5-3-4-6-19(18)23/h3-8,10-11,20H,9,12-15H2,1-2H3. The second-order valence-corrected chi connectivity index (χ2v) is 7.12. The zero-order valence-corrected chi connectivity index (χ0v) is 16.2. The minimum atomic E-state index is -0.435. The van der Waals surface area contributed by atoms with Gasteiger partial charge in [0.05, 0.1) is 13.2 Å². The molecule has 2 aromatic carbocycles. The number of halogens is 1. The summed E-state index contributed by atoms with van der Waals surface area (Å²) in [6.07, 6.45) is 0.525. The lowest BCUT2D eigenvalue weighted by molar-refractivity contribution is -0.139. The van der Waals surface area contributed by atoms with Gasteiger partial charge in [-0.2, -0.15) is 0 Å². The number of carbonyl (C=O) groups is 2. The van der Waals surface area contributed by atoms with Crippen molar-refractivity contribution >= 4 is 11.8 Å².